The number of likely N-dealkylation sites (N-methyl/N-ethyl adjacent to an activating group) is 2. The van der Waals surface area contributed by atoms with E-state index >= 15 is 0 Å². The van der Waals surface area contributed by atoms with E-state index in [1.165, 1.54) is 0 Å². The minimum Gasteiger partial charge on any atom is -0.411 e. The highest BCUT2D eigenvalue weighted by Crippen LogP contribution is 1.87. The average molecular weight is 303 g/mol. The molecule has 0 aromatic rings. The van der Waals surface area contributed by atoms with Crippen LogP contribution < -0.4 is 5.32 Å². The molecule has 0 saturated carbocycles. The SMILES string of the molecule is CN(C)CCN(C)CCCNC(=O)/C=N/O.Cl.Cl. The molecule has 0 aromatic heterocycles. The zero-order chi connectivity index (χ0) is 12.4. The van der Waals surface area contributed by atoms with Gasteiger partial charge in [0.1, 0.15) is 6.21 Å². The largest absolute Gasteiger partial charge is 0.411 e. The van der Waals surface area contributed by atoms with Crippen molar-refractivity contribution in [3.63, 3.8) is 0 Å². The van der Waals surface area contributed by atoms with Gasteiger partial charge in [-0.05, 0) is 34.1 Å². The van der Waals surface area contributed by atoms with Crippen molar-refractivity contribution in [3.8, 4) is 0 Å². The molecule has 0 spiro atoms. The number of nitrogens with zero attached hydrogens (tertiary/aromatic N) is 3. The minimum atomic E-state index is -0.363. The second-order valence-corrected chi connectivity index (χ2v) is 4.00. The Morgan fingerprint density at radius 1 is 1.22 bits per heavy atom. The number of oxime groups is 1. The molecule has 18 heavy (non-hydrogen) atoms. The van der Waals surface area contributed by atoms with E-state index in [0.717, 1.165) is 32.3 Å². The summed E-state index contributed by atoms with van der Waals surface area (Å²) in [4.78, 5) is 15.2. The molecule has 6 nitrogen and oxygen atoms in total. The van der Waals surface area contributed by atoms with E-state index in [0.29, 0.717) is 6.54 Å². The molecule has 0 saturated heterocycles. The molecule has 0 radical (unpaired) electrons. The van der Waals surface area contributed by atoms with Gasteiger partial charge in [0.15, 0.2) is 0 Å². The van der Waals surface area contributed by atoms with Crippen LogP contribution in [-0.2, 0) is 4.79 Å². The van der Waals surface area contributed by atoms with E-state index in [-0.39, 0.29) is 30.7 Å². The Labute approximate surface area is 121 Å². The molecule has 0 bridgehead atoms. The van der Waals surface area contributed by atoms with Crippen molar-refractivity contribution >= 4 is 36.9 Å². The predicted molar refractivity (Wildman–Crippen MR) is 78.5 cm³/mol. The van der Waals surface area contributed by atoms with Gasteiger partial charge in [-0.25, -0.2) is 0 Å². The van der Waals surface area contributed by atoms with Crippen molar-refractivity contribution in [2.24, 2.45) is 5.16 Å². The zero-order valence-corrected chi connectivity index (χ0v) is 12.8. The van der Waals surface area contributed by atoms with Gasteiger partial charge in [-0.2, -0.15) is 0 Å². The van der Waals surface area contributed by atoms with Crippen LogP contribution in [0, 0.1) is 0 Å². The van der Waals surface area contributed by atoms with Crippen molar-refractivity contribution in [2.45, 2.75) is 6.42 Å². The first-order chi connectivity index (χ1) is 7.56. The first kappa shape index (κ1) is 22.6. The van der Waals surface area contributed by atoms with Gasteiger partial charge in [-0.1, -0.05) is 5.16 Å². The summed E-state index contributed by atoms with van der Waals surface area (Å²) in [6.45, 7) is 3.57. The number of nitrogens with one attached hydrogen (secondary N) is 1. The van der Waals surface area contributed by atoms with Crippen LogP contribution in [0.5, 0.6) is 0 Å². The Morgan fingerprint density at radius 2 is 1.83 bits per heavy atom. The summed E-state index contributed by atoms with van der Waals surface area (Å²) in [5, 5.41) is 13.4. The van der Waals surface area contributed by atoms with Crippen molar-refractivity contribution in [1.29, 1.82) is 0 Å². The first-order valence-electron chi connectivity index (χ1n) is 5.34. The first-order valence-corrected chi connectivity index (χ1v) is 5.34. The number of halogens is 2. The highest BCUT2D eigenvalue weighted by molar-refractivity contribution is 6.25. The average Bonchev–Trinajstić information content (AvgIpc) is 2.22. The van der Waals surface area contributed by atoms with Crippen LogP contribution in [0.2, 0.25) is 0 Å². The van der Waals surface area contributed by atoms with E-state index in [9.17, 15) is 4.79 Å². The lowest BCUT2D eigenvalue weighted by molar-refractivity contribution is -0.114. The second-order valence-electron chi connectivity index (χ2n) is 4.00. The second kappa shape index (κ2) is 14.5. The molecule has 2 N–H and O–H groups in total. The van der Waals surface area contributed by atoms with Crippen LogP contribution in [0.25, 0.3) is 0 Å². The number of carbonyl (C=O) groups excluding carboxylic acids is 1. The van der Waals surface area contributed by atoms with Crippen LogP contribution in [-0.4, -0.2) is 74.5 Å². The lowest BCUT2D eigenvalue weighted by Gasteiger charge is -2.19. The molecule has 1 amide bonds. The van der Waals surface area contributed by atoms with Crippen molar-refractivity contribution in [2.75, 3.05) is 47.3 Å². The lowest BCUT2D eigenvalue weighted by atomic mass is 10.3. The molecule has 0 aliphatic heterocycles. The van der Waals surface area contributed by atoms with E-state index < -0.39 is 0 Å². The van der Waals surface area contributed by atoms with E-state index in [1.807, 2.05) is 14.1 Å². The minimum absolute atomic E-state index is 0. The van der Waals surface area contributed by atoms with Gasteiger partial charge < -0.3 is 20.3 Å². The fourth-order valence-electron chi connectivity index (χ4n) is 1.14. The number of rotatable bonds is 8. The van der Waals surface area contributed by atoms with Crippen LogP contribution in [0.15, 0.2) is 5.16 Å². The third-order valence-electron chi connectivity index (χ3n) is 2.12. The van der Waals surface area contributed by atoms with Crippen LogP contribution in [0.3, 0.4) is 0 Å². The van der Waals surface area contributed by atoms with Crippen molar-refractivity contribution in [3.05, 3.63) is 0 Å². The number of amides is 1. The van der Waals surface area contributed by atoms with Gasteiger partial charge in [0.05, 0.1) is 0 Å². The summed E-state index contributed by atoms with van der Waals surface area (Å²) < 4.78 is 0. The quantitative estimate of drug-likeness (QED) is 0.293. The maximum Gasteiger partial charge on any atom is 0.265 e. The molecule has 0 aromatic carbocycles. The summed E-state index contributed by atoms with van der Waals surface area (Å²) in [5.74, 6) is -0.363. The molecule has 0 rings (SSSR count). The molecule has 110 valence electrons. The fourth-order valence-corrected chi connectivity index (χ4v) is 1.14. The van der Waals surface area contributed by atoms with Gasteiger partial charge >= 0.3 is 0 Å². The smallest absolute Gasteiger partial charge is 0.265 e. The maximum absolute atomic E-state index is 10.9. The lowest BCUT2D eigenvalue weighted by Crippen LogP contribution is -2.32. The molecule has 0 unspecified atom stereocenters. The predicted octanol–water partition coefficient (Wildman–Crippen LogP) is 0.290. The standard InChI is InChI=1S/C10H22N4O2.2ClH/c1-13(2)7-8-14(3)6-4-5-11-10(15)9-12-16;;/h9,16H,4-8H2,1-3H3,(H,11,15);2*1H/b12-9+;;. The number of hydrogen-bond acceptors (Lipinski definition) is 5. The van der Waals surface area contributed by atoms with Gasteiger partial charge in [-0.3, -0.25) is 4.79 Å². The number of carbonyl (C=O) groups is 1. The summed E-state index contributed by atoms with van der Waals surface area (Å²) in [7, 11) is 6.14. The Kier molecular flexibility index (Phi) is 18.2. The molecule has 0 aliphatic rings. The Bertz CT molecular complexity index is 228. The molecule has 0 fully saturated rings. The maximum atomic E-state index is 10.9. The van der Waals surface area contributed by atoms with Gasteiger partial charge in [0.25, 0.3) is 5.91 Å². The Hall–Kier alpha value is -0.560. The summed E-state index contributed by atoms with van der Waals surface area (Å²) in [6, 6.07) is 0. The van der Waals surface area contributed by atoms with Crippen LogP contribution in [0.4, 0.5) is 0 Å². The molecule has 0 atom stereocenters. The van der Waals surface area contributed by atoms with Crippen molar-refractivity contribution in [1.82, 2.24) is 15.1 Å². The number of hydrogen-bond donors (Lipinski definition) is 2. The third-order valence-corrected chi connectivity index (χ3v) is 2.12. The van der Waals surface area contributed by atoms with Gasteiger partial charge in [0, 0.05) is 19.6 Å². The normalized spacial score (nSPS) is 10.3. The molecule has 0 heterocycles. The van der Waals surface area contributed by atoms with E-state index in [4.69, 9.17) is 5.21 Å². The fraction of sp³-hybridized carbons (Fsp3) is 0.800. The topological polar surface area (TPSA) is 68.2 Å². The van der Waals surface area contributed by atoms with Crippen molar-refractivity contribution < 1.29 is 10.0 Å². The van der Waals surface area contributed by atoms with E-state index in [1.54, 1.807) is 0 Å². The van der Waals surface area contributed by atoms with Gasteiger partial charge in [-0.15, -0.1) is 24.8 Å². The van der Waals surface area contributed by atoms with Crippen LogP contribution >= 0.6 is 24.8 Å². The van der Waals surface area contributed by atoms with Gasteiger partial charge in [0.2, 0.25) is 0 Å². The Balaban J connectivity index is -0.00000112. The summed E-state index contributed by atoms with van der Waals surface area (Å²) >= 11 is 0. The highest BCUT2D eigenvalue weighted by atomic mass is 35.5. The third kappa shape index (κ3) is 15.4. The molecular weight excluding hydrogens is 279 g/mol. The molecule has 8 heteroatoms. The highest BCUT2D eigenvalue weighted by Gasteiger charge is 2.00. The molecule has 0 aliphatic carbocycles. The van der Waals surface area contributed by atoms with Crippen LogP contribution in [0.1, 0.15) is 6.42 Å². The summed E-state index contributed by atoms with van der Waals surface area (Å²) in [5.41, 5.74) is 0. The monoisotopic (exact) mass is 302 g/mol. The van der Waals surface area contributed by atoms with E-state index in [2.05, 4.69) is 27.3 Å². The molecular formula is C10H24Cl2N4O2. The zero-order valence-electron chi connectivity index (χ0n) is 11.1. The summed E-state index contributed by atoms with van der Waals surface area (Å²) in [6.07, 6.45) is 1.74. The Morgan fingerprint density at radius 3 is 2.33 bits per heavy atom.